The molecule has 6 rings (SSSR count). The highest BCUT2D eigenvalue weighted by Gasteiger charge is 2.25. The molecular weight excluding hydrogens is 390 g/mol. The molecule has 1 aliphatic carbocycles. The average Bonchev–Trinajstić information content (AvgIpc) is 3.36. The Bertz CT molecular complexity index is 1400. The number of imidazole rings is 1. The molecule has 0 saturated heterocycles. The second-order valence-electron chi connectivity index (χ2n) is 7.89. The van der Waals surface area contributed by atoms with E-state index < -0.39 is 0 Å². The van der Waals surface area contributed by atoms with Crippen LogP contribution in [0.4, 0.5) is 5.69 Å². The first-order valence-corrected chi connectivity index (χ1v) is 10.3. The quantitative estimate of drug-likeness (QED) is 0.410. The molecule has 0 spiro atoms. The van der Waals surface area contributed by atoms with Gasteiger partial charge in [-0.1, -0.05) is 12.5 Å². The first-order chi connectivity index (χ1) is 15.2. The average molecular weight is 409 g/mol. The lowest BCUT2D eigenvalue weighted by Crippen LogP contribution is -2.28. The van der Waals surface area contributed by atoms with Gasteiger partial charge in [0.25, 0.3) is 0 Å². The first-order valence-electron chi connectivity index (χ1n) is 10.3. The maximum atomic E-state index is 12.3. The van der Waals surface area contributed by atoms with Crippen LogP contribution in [-0.4, -0.2) is 36.0 Å². The van der Waals surface area contributed by atoms with Crippen molar-refractivity contribution < 1.29 is 4.79 Å². The highest BCUT2D eigenvalue weighted by Crippen LogP contribution is 2.31. The smallest absolute Gasteiger partial charge is 0.227 e. The van der Waals surface area contributed by atoms with E-state index in [0.29, 0.717) is 11.5 Å². The predicted molar refractivity (Wildman–Crippen MR) is 118 cm³/mol. The number of amides is 1. The zero-order valence-electron chi connectivity index (χ0n) is 16.6. The lowest BCUT2D eigenvalue weighted by atomic mass is 9.85. The van der Waals surface area contributed by atoms with Crippen LogP contribution < -0.4 is 5.32 Å². The highest BCUT2D eigenvalue weighted by molar-refractivity contribution is 5.96. The van der Waals surface area contributed by atoms with E-state index in [2.05, 4.69) is 41.5 Å². The summed E-state index contributed by atoms with van der Waals surface area (Å²) in [6.07, 6.45) is 10.0. The fourth-order valence-electron chi connectivity index (χ4n) is 3.92. The van der Waals surface area contributed by atoms with Gasteiger partial charge in [0, 0.05) is 29.3 Å². The fraction of sp³-hybridized carbons (Fsp3) is 0.174. The minimum absolute atomic E-state index is 0.0807. The summed E-state index contributed by atoms with van der Waals surface area (Å²) in [7, 11) is 0. The topological polar surface area (TPSA) is 112 Å². The van der Waals surface area contributed by atoms with E-state index in [-0.39, 0.29) is 11.8 Å². The monoisotopic (exact) mass is 409 g/mol. The Balaban J connectivity index is 1.37. The number of aromatic nitrogens is 6. The summed E-state index contributed by atoms with van der Waals surface area (Å²) in [5.74, 6) is 0.899. The van der Waals surface area contributed by atoms with Crippen LogP contribution in [0.1, 0.15) is 19.3 Å². The molecule has 3 N–H and O–H groups in total. The second-order valence-corrected chi connectivity index (χ2v) is 7.89. The molecule has 152 valence electrons. The number of rotatable bonds is 4. The van der Waals surface area contributed by atoms with Crippen molar-refractivity contribution in [2.45, 2.75) is 19.3 Å². The second kappa shape index (κ2) is 7.02. The zero-order valence-corrected chi connectivity index (χ0v) is 16.6. The molecule has 1 fully saturated rings. The van der Waals surface area contributed by atoms with Gasteiger partial charge in [-0.2, -0.15) is 5.10 Å². The summed E-state index contributed by atoms with van der Waals surface area (Å²) in [6, 6.07) is 9.89. The van der Waals surface area contributed by atoms with Gasteiger partial charge in [0.2, 0.25) is 5.91 Å². The predicted octanol–water partition coefficient (Wildman–Crippen LogP) is 4.30. The molecule has 0 aliphatic heterocycles. The number of anilines is 1. The van der Waals surface area contributed by atoms with E-state index in [4.69, 9.17) is 0 Å². The highest BCUT2D eigenvalue weighted by atomic mass is 16.1. The number of fused-ring (bicyclic) bond motifs is 2. The van der Waals surface area contributed by atoms with Gasteiger partial charge in [0.15, 0.2) is 5.82 Å². The summed E-state index contributed by atoms with van der Waals surface area (Å²) in [6.45, 7) is 0. The molecule has 1 aliphatic rings. The number of benzene rings is 1. The number of aromatic amines is 2. The summed E-state index contributed by atoms with van der Waals surface area (Å²) in [5, 5.41) is 11.5. The van der Waals surface area contributed by atoms with E-state index in [1.165, 1.54) is 0 Å². The molecule has 1 saturated carbocycles. The summed E-state index contributed by atoms with van der Waals surface area (Å²) < 4.78 is 0. The van der Waals surface area contributed by atoms with E-state index >= 15 is 0 Å². The van der Waals surface area contributed by atoms with Gasteiger partial charge in [-0.15, -0.1) is 0 Å². The molecule has 8 nitrogen and oxygen atoms in total. The third kappa shape index (κ3) is 3.13. The van der Waals surface area contributed by atoms with Crippen molar-refractivity contribution in [1.82, 2.24) is 30.1 Å². The molecule has 0 unspecified atom stereocenters. The minimum Gasteiger partial charge on any atom is -0.335 e. The van der Waals surface area contributed by atoms with Gasteiger partial charge in [0.05, 0.1) is 34.6 Å². The fourth-order valence-corrected chi connectivity index (χ4v) is 3.92. The van der Waals surface area contributed by atoms with Crippen LogP contribution in [0, 0.1) is 5.92 Å². The largest absolute Gasteiger partial charge is 0.335 e. The van der Waals surface area contributed by atoms with Gasteiger partial charge in [0.1, 0.15) is 5.69 Å². The van der Waals surface area contributed by atoms with Crippen LogP contribution in [0.25, 0.3) is 44.6 Å². The molecule has 8 heteroatoms. The summed E-state index contributed by atoms with van der Waals surface area (Å²) in [5.41, 5.74) is 6.00. The number of H-pyrrole nitrogens is 2. The van der Waals surface area contributed by atoms with Crippen molar-refractivity contribution in [1.29, 1.82) is 0 Å². The van der Waals surface area contributed by atoms with Crippen molar-refractivity contribution in [3.63, 3.8) is 0 Å². The summed E-state index contributed by atoms with van der Waals surface area (Å²) in [4.78, 5) is 28.7. The van der Waals surface area contributed by atoms with Crippen LogP contribution in [0.15, 0.2) is 55.1 Å². The lowest BCUT2D eigenvalue weighted by molar-refractivity contribution is -0.122. The molecule has 0 bridgehead atoms. The number of carbonyl (C=O) groups is 1. The number of hydrogen-bond acceptors (Lipinski definition) is 5. The van der Waals surface area contributed by atoms with Crippen LogP contribution in [0.5, 0.6) is 0 Å². The van der Waals surface area contributed by atoms with Crippen LogP contribution in [0.3, 0.4) is 0 Å². The van der Waals surface area contributed by atoms with E-state index in [1.807, 2.05) is 24.3 Å². The summed E-state index contributed by atoms with van der Waals surface area (Å²) >= 11 is 0. The Kier molecular flexibility index (Phi) is 4.02. The van der Waals surface area contributed by atoms with E-state index in [0.717, 1.165) is 58.0 Å². The van der Waals surface area contributed by atoms with Crippen LogP contribution in [-0.2, 0) is 4.79 Å². The molecule has 0 radical (unpaired) electrons. The molecule has 5 aromatic rings. The number of carbonyl (C=O) groups excluding carboxylic acids is 1. The van der Waals surface area contributed by atoms with Gasteiger partial charge < -0.3 is 10.3 Å². The van der Waals surface area contributed by atoms with Crippen LogP contribution >= 0.6 is 0 Å². The number of hydrogen-bond donors (Lipinski definition) is 3. The standard InChI is InChI=1S/C23H19N7O/c31-23(13-2-1-3-13)26-16-8-15(10-25-11-16)14-4-5-18-17(9-14)21(30-29-18)22-27-19-6-7-24-12-20(19)28-22/h4-13H,1-3H2,(H,26,31)(H,27,28)(H,29,30). The maximum absolute atomic E-state index is 12.3. The zero-order chi connectivity index (χ0) is 20.8. The normalized spacial score (nSPS) is 14.1. The molecule has 1 aromatic carbocycles. The molecule has 1 amide bonds. The van der Waals surface area contributed by atoms with Crippen molar-refractivity contribution in [3.8, 4) is 22.6 Å². The van der Waals surface area contributed by atoms with Gasteiger partial charge in [-0.3, -0.25) is 19.9 Å². The van der Waals surface area contributed by atoms with Crippen molar-refractivity contribution in [2.75, 3.05) is 5.32 Å². The Labute approximate surface area is 177 Å². The SMILES string of the molecule is O=C(Nc1cncc(-c2ccc3[nH]nc(-c4nc5ccncc5[nH]4)c3c2)c1)C1CCC1. The maximum Gasteiger partial charge on any atom is 0.227 e. The molecule has 0 atom stereocenters. The number of nitrogens with one attached hydrogen (secondary N) is 3. The molecular formula is C23H19N7O. The van der Waals surface area contributed by atoms with Gasteiger partial charge >= 0.3 is 0 Å². The van der Waals surface area contributed by atoms with Crippen LogP contribution in [0.2, 0.25) is 0 Å². The van der Waals surface area contributed by atoms with E-state index in [1.54, 1.807) is 24.8 Å². The van der Waals surface area contributed by atoms with Gasteiger partial charge in [-0.05, 0) is 42.7 Å². The molecule has 31 heavy (non-hydrogen) atoms. The van der Waals surface area contributed by atoms with Crippen molar-refractivity contribution >= 4 is 33.5 Å². The minimum atomic E-state index is 0.0807. The Morgan fingerprint density at radius 2 is 1.94 bits per heavy atom. The lowest BCUT2D eigenvalue weighted by Gasteiger charge is -2.24. The molecule has 4 aromatic heterocycles. The Morgan fingerprint density at radius 3 is 2.77 bits per heavy atom. The van der Waals surface area contributed by atoms with Crippen molar-refractivity contribution in [2.24, 2.45) is 5.92 Å². The first kappa shape index (κ1) is 17.8. The third-order valence-electron chi connectivity index (χ3n) is 5.89. The third-order valence-corrected chi connectivity index (χ3v) is 5.89. The Hall–Kier alpha value is -4.07. The number of nitrogens with zero attached hydrogens (tertiary/aromatic N) is 4. The molecule has 4 heterocycles. The Morgan fingerprint density at radius 1 is 1.00 bits per heavy atom. The van der Waals surface area contributed by atoms with E-state index in [9.17, 15) is 4.79 Å². The number of pyridine rings is 2. The van der Waals surface area contributed by atoms with Gasteiger partial charge in [-0.25, -0.2) is 4.98 Å². The van der Waals surface area contributed by atoms with Crippen molar-refractivity contribution in [3.05, 3.63) is 55.1 Å².